The molecule has 1 aromatic carbocycles. The van der Waals surface area contributed by atoms with E-state index < -0.39 is 32.7 Å². The number of nitro benzene ring substituents is 2. The number of nitrogens with zero attached hydrogens (tertiary/aromatic N) is 2. The Morgan fingerprint density at radius 3 is 2.06 bits per heavy atom. The van der Waals surface area contributed by atoms with Crippen LogP contribution in [0.15, 0.2) is 12.1 Å². The van der Waals surface area contributed by atoms with Crippen LogP contribution in [0.5, 0.6) is 5.75 Å². The molecule has 0 aliphatic rings. The summed E-state index contributed by atoms with van der Waals surface area (Å²) in [5, 5.41) is 29.7. The number of hydrogen-bond acceptors (Lipinski definition) is 6. The van der Waals surface area contributed by atoms with E-state index in [4.69, 9.17) is 10.8 Å². The molecule has 1 aromatic rings. The quantitative estimate of drug-likeness (QED) is 0.234. The average molecular weight is 240 g/mol. The number of phenolic OH excluding ortho intramolecular Hbond substituents is 1. The molecular weight excluding hydrogens is 233 g/mol. The second-order valence-electron chi connectivity index (χ2n) is 2.42. The van der Waals surface area contributed by atoms with Crippen molar-refractivity contribution in [2.24, 2.45) is 0 Å². The van der Waals surface area contributed by atoms with Gasteiger partial charge in [0.15, 0.2) is 0 Å². The largest absolute Gasteiger partial charge is 0.501 e. The molecule has 1 rings (SSSR count). The fourth-order valence-electron chi connectivity index (χ4n) is 0.870. The maximum absolute atomic E-state index is 10.3. The molecule has 83 valence electrons. The number of benzene rings is 1. The predicted molar refractivity (Wildman–Crippen MR) is 55.2 cm³/mol. The minimum Gasteiger partial charge on any atom is -0.501 e. The van der Waals surface area contributed by atoms with E-state index in [1.165, 1.54) is 0 Å². The number of rotatable bonds is 2. The molecule has 16 heavy (non-hydrogen) atoms. The minimum absolute atomic E-state index is 0. The summed E-state index contributed by atoms with van der Waals surface area (Å²) >= 11 is 0. The number of non-ortho nitro benzene ring substituents is 1. The van der Waals surface area contributed by atoms with Crippen LogP contribution in [0.4, 0.5) is 17.1 Å². The first-order chi connectivity index (χ1) is 6.43. The Morgan fingerprint density at radius 2 is 1.69 bits per heavy atom. The fourth-order valence-corrected chi connectivity index (χ4v) is 0.870. The van der Waals surface area contributed by atoms with Gasteiger partial charge in [-0.3, -0.25) is 20.2 Å². The van der Waals surface area contributed by atoms with Crippen molar-refractivity contribution in [1.29, 1.82) is 0 Å². The maximum Gasteiger partial charge on any atom is 0.319 e. The van der Waals surface area contributed by atoms with E-state index >= 15 is 0 Å². The van der Waals surface area contributed by atoms with E-state index in [-0.39, 0.29) is 35.0 Å². The van der Waals surface area contributed by atoms with E-state index in [9.17, 15) is 20.2 Å². The van der Waals surface area contributed by atoms with Gasteiger partial charge < -0.3 is 16.3 Å². The molecule has 1 radical (unpaired) electrons. The van der Waals surface area contributed by atoms with Crippen LogP contribution in [0, 0.1) is 20.2 Å². The van der Waals surface area contributed by atoms with Crippen LogP contribution in [-0.2, 0) is 0 Å². The van der Waals surface area contributed by atoms with Crippen molar-refractivity contribution in [3.8, 4) is 5.75 Å². The molecule has 0 unspecified atom stereocenters. The molecule has 0 fully saturated rings. The first kappa shape index (κ1) is 17.0. The molecule has 0 bridgehead atoms. The molecule has 0 aliphatic carbocycles. The summed E-state index contributed by atoms with van der Waals surface area (Å²) in [7, 11) is 0. The van der Waals surface area contributed by atoms with Gasteiger partial charge >= 0.3 is 5.69 Å². The summed E-state index contributed by atoms with van der Waals surface area (Å²) < 4.78 is 0. The first-order valence-corrected chi connectivity index (χ1v) is 3.34. The summed E-state index contributed by atoms with van der Waals surface area (Å²) in [6.45, 7) is 0. The molecule has 0 heterocycles. The molecule has 0 amide bonds. The predicted octanol–water partition coefficient (Wildman–Crippen LogP) is -0.415. The second-order valence-corrected chi connectivity index (χ2v) is 2.42. The third kappa shape index (κ3) is 3.31. The van der Waals surface area contributed by atoms with Crippen molar-refractivity contribution in [2.75, 3.05) is 5.73 Å². The second kappa shape index (κ2) is 6.23. The molecule has 9 nitrogen and oxygen atoms in total. The molecule has 10 heteroatoms. The number of nitrogens with two attached hydrogens (primary N) is 1. The van der Waals surface area contributed by atoms with E-state index in [1.807, 2.05) is 0 Å². The average Bonchev–Trinajstić information content (AvgIpc) is 2.08. The van der Waals surface area contributed by atoms with Crippen LogP contribution in [-0.4, -0.2) is 50.0 Å². The Morgan fingerprint density at radius 1 is 1.19 bits per heavy atom. The summed E-state index contributed by atoms with van der Waals surface area (Å²) in [5.74, 6) is -0.763. The normalized spacial score (nSPS) is 8.50. The van der Waals surface area contributed by atoms with Crippen LogP contribution in [0.2, 0.25) is 0 Å². The summed E-state index contributed by atoms with van der Waals surface area (Å²) in [5.41, 5.74) is 3.42. The summed E-state index contributed by atoms with van der Waals surface area (Å²) in [6, 6.07) is 1.49. The zero-order valence-corrected chi connectivity index (χ0v) is 10.2. The van der Waals surface area contributed by atoms with Crippen LogP contribution in [0.25, 0.3) is 0 Å². The van der Waals surface area contributed by atoms with Crippen molar-refractivity contribution in [1.82, 2.24) is 0 Å². The van der Waals surface area contributed by atoms with Crippen LogP contribution >= 0.6 is 0 Å². The molecule has 0 saturated carbocycles. The third-order valence-electron chi connectivity index (χ3n) is 1.51. The Labute approximate surface area is 111 Å². The SMILES string of the molecule is Nc1cc([N+](=O)[O-])cc([N+](=O)[O-])c1O.O.[Na]. The number of phenols is 1. The van der Waals surface area contributed by atoms with Gasteiger partial charge in [-0.05, 0) is 0 Å². The van der Waals surface area contributed by atoms with Crippen molar-refractivity contribution < 1.29 is 20.4 Å². The molecule has 0 atom stereocenters. The minimum atomic E-state index is -0.946. The van der Waals surface area contributed by atoms with Gasteiger partial charge in [0.1, 0.15) is 0 Å². The van der Waals surface area contributed by atoms with Gasteiger partial charge in [-0.2, -0.15) is 0 Å². The maximum atomic E-state index is 10.3. The molecule has 5 N–H and O–H groups in total. The van der Waals surface area contributed by atoms with Crippen LogP contribution in [0.1, 0.15) is 0 Å². The van der Waals surface area contributed by atoms with E-state index in [1.54, 1.807) is 0 Å². The molecule has 0 spiro atoms. The fraction of sp³-hybridized carbons (Fsp3) is 0. The standard InChI is InChI=1S/C6H5N3O5.Na.H2O/c7-4-1-3(8(11)12)2-5(6(4)10)9(13)14;;/h1-2,10H,7H2;;1H2. The van der Waals surface area contributed by atoms with Gasteiger partial charge in [-0.1, -0.05) is 0 Å². The molecule has 0 saturated heterocycles. The van der Waals surface area contributed by atoms with E-state index in [0.717, 1.165) is 6.07 Å². The Hall–Kier alpha value is -1.42. The topological polar surface area (TPSA) is 164 Å². The number of aromatic hydroxyl groups is 1. The van der Waals surface area contributed by atoms with Crippen LogP contribution in [0.3, 0.4) is 0 Å². The van der Waals surface area contributed by atoms with Crippen LogP contribution < -0.4 is 5.73 Å². The van der Waals surface area contributed by atoms with E-state index in [0.29, 0.717) is 6.07 Å². The Kier molecular flexibility index (Phi) is 6.61. The van der Waals surface area contributed by atoms with Gasteiger partial charge in [-0.15, -0.1) is 0 Å². The monoisotopic (exact) mass is 240 g/mol. The van der Waals surface area contributed by atoms with Gasteiger partial charge in [0.25, 0.3) is 5.69 Å². The molecular formula is C6H7N3NaO6. The van der Waals surface area contributed by atoms with Gasteiger partial charge in [0.2, 0.25) is 5.75 Å². The van der Waals surface area contributed by atoms with Crippen molar-refractivity contribution in [2.45, 2.75) is 0 Å². The first-order valence-electron chi connectivity index (χ1n) is 3.34. The number of nitro groups is 2. The Balaban J connectivity index is 0. The zero-order valence-electron chi connectivity index (χ0n) is 8.21. The zero-order chi connectivity index (χ0) is 10.9. The van der Waals surface area contributed by atoms with Gasteiger partial charge in [0.05, 0.1) is 21.6 Å². The van der Waals surface area contributed by atoms with Gasteiger partial charge in [-0.25, -0.2) is 0 Å². The number of nitrogen functional groups attached to an aromatic ring is 1. The van der Waals surface area contributed by atoms with Crippen molar-refractivity contribution in [3.63, 3.8) is 0 Å². The summed E-state index contributed by atoms with van der Waals surface area (Å²) in [4.78, 5) is 18.8. The van der Waals surface area contributed by atoms with Crippen molar-refractivity contribution >= 4 is 46.6 Å². The number of anilines is 1. The molecule has 0 aromatic heterocycles. The summed E-state index contributed by atoms with van der Waals surface area (Å²) in [6.07, 6.45) is 0. The molecule has 0 aliphatic heterocycles. The smallest absolute Gasteiger partial charge is 0.319 e. The number of hydrogen-bond donors (Lipinski definition) is 2. The van der Waals surface area contributed by atoms with E-state index in [2.05, 4.69) is 0 Å². The Bertz CT molecular complexity index is 423. The third-order valence-corrected chi connectivity index (χ3v) is 1.51. The van der Waals surface area contributed by atoms with Crippen molar-refractivity contribution in [3.05, 3.63) is 32.4 Å². The van der Waals surface area contributed by atoms with Gasteiger partial charge in [0, 0.05) is 35.6 Å².